The highest BCUT2D eigenvalue weighted by Crippen LogP contribution is 2.37. The highest BCUT2D eigenvalue weighted by molar-refractivity contribution is 7.80. The first-order chi connectivity index (χ1) is 17.4. The van der Waals surface area contributed by atoms with Gasteiger partial charge < -0.3 is 24.8 Å². The number of hydrogen-bond donors (Lipinski definition) is 2. The first-order valence-corrected chi connectivity index (χ1v) is 12.4. The van der Waals surface area contributed by atoms with Crippen LogP contribution in [0.15, 0.2) is 72.3 Å². The van der Waals surface area contributed by atoms with Gasteiger partial charge >= 0.3 is 5.97 Å². The average Bonchev–Trinajstić information content (AvgIpc) is 2.89. The summed E-state index contributed by atoms with van der Waals surface area (Å²) in [5.41, 5.74) is 3.44. The maximum absolute atomic E-state index is 12.9. The zero-order chi connectivity index (χ0) is 25.7. The molecule has 9 heteroatoms. The van der Waals surface area contributed by atoms with Crippen LogP contribution in [0.5, 0.6) is 11.5 Å². The normalized spacial score (nSPS) is 15.1. The summed E-state index contributed by atoms with van der Waals surface area (Å²) in [5, 5.41) is 7.65. The fraction of sp³-hybridized carbons (Fsp3) is 0.185. The van der Waals surface area contributed by atoms with Crippen LogP contribution < -0.4 is 20.1 Å². The second-order valence-electron chi connectivity index (χ2n) is 7.85. The lowest BCUT2D eigenvalue weighted by Gasteiger charge is -2.31. The molecule has 1 aliphatic rings. The number of nitrogens with one attached hydrogen (secondary N) is 2. The molecule has 186 valence electrons. The van der Waals surface area contributed by atoms with Gasteiger partial charge in [0.25, 0.3) is 0 Å². The van der Waals surface area contributed by atoms with Crippen LogP contribution in [0.25, 0.3) is 5.70 Å². The van der Waals surface area contributed by atoms with E-state index in [9.17, 15) is 4.79 Å². The number of hydrogen-bond acceptors (Lipinski definition) is 5. The lowest BCUT2D eigenvalue weighted by atomic mass is 9.92. The maximum atomic E-state index is 12.9. The largest absolute Gasteiger partial charge is 0.490 e. The Kier molecular flexibility index (Phi) is 8.36. The van der Waals surface area contributed by atoms with Gasteiger partial charge in [-0.1, -0.05) is 65.7 Å². The molecule has 36 heavy (non-hydrogen) atoms. The van der Waals surface area contributed by atoms with E-state index in [-0.39, 0.29) is 6.61 Å². The Labute approximate surface area is 225 Å². The molecule has 3 aromatic carbocycles. The molecule has 0 unspecified atom stereocenters. The lowest BCUT2D eigenvalue weighted by Crippen LogP contribution is -2.45. The third kappa shape index (κ3) is 5.75. The number of carbonyl (C=O) groups excluding carboxylic acids is 1. The average molecular weight is 543 g/mol. The van der Waals surface area contributed by atoms with Gasteiger partial charge in [0.15, 0.2) is 16.6 Å². The number of thiocarbonyl (C=S) groups is 1. The van der Waals surface area contributed by atoms with Crippen LogP contribution >= 0.6 is 35.4 Å². The van der Waals surface area contributed by atoms with Crippen molar-refractivity contribution in [3.63, 3.8) is 0 Å². The molecule has 0 saturated carbocycles. The molecular weight excluding hydrogens is 519 g/mol. The summed E-state index contributed by atoms with van der Waals surface area (Å²) in [7, 11) is 1.35. The Bertz CT molecular complexity index is 1310. The van der Waals surface area contributed by atoms with Crippen LogP contribution in [0.3, 0.4) is 0 Å². The van der Waals surface area contributed by atoms with Gasteiger partial charge in [0.2, 0.25) is 0 Å². The van der Waals surface area contributed by atoms with Gasteiger partial charge in [-0.05, 0) is 60.1 Å². The third-order valence-electron chi connectivity index (χ3n) is 5.52. The Morgan fingerprint density at radius 3 is 2.44 bits per heavy atom. The van der Waals surface area contributed by atoms with E-state index in [1.165, 1.54) is 7.11 Å². The fourth-order valence-corrected chi connectivity index (χ4v) is 4.40. The third-order valence-corrected chi connectivity index (χ3v) is 6.48. The van der Waals surface area contributed by atoms with Crippen molar-refractivity contribution in [1.82, 2.24) is 10.6 Å². The van der Waals surface area contributed by atoms with Crippen LogP contribution in [-0.2, 0) is 16.1 Å². The monoisotopic (exact) mass is 542 g/mol. The molecule has 2 N–H and O–H groups in total. The lowest BCUT2D eigenvalue weighted by molar-refractivity contribution is -0.136. The van der Waals surface area contributed by atoms with E-state index in [4.69, 9.17) is 49.6 Å². The number of halogens is 2. The standard InChI is InChI=1S/C27H24Cl2N2O4S/c1-3-34-22-14-18(10-12-21(22)35-15-16-9-11-19(28)20(29)13-16)25-23(26(32)33-2)24(30-27(36)31-25)17-7-5-4-6-8-17/h4-14,25H,3,15H2,1-2H3,(H2,30,31,36)/t25-/m0/s1. The molecule has 0 bridgehead atoms. The maximum Gasteiger partial charge on any atom is 0.338 e. The van der Waals surface area contributed by atoms with Gasteiger partial charge in [-0.15, -0.1) is 0 Å². The molecular formula is C27H24Cl2N2O4S. The molecule has 1 aliphatic heterocycles. The highest BCUT2D eigenvalue weighted by atomic mass is 35.5. The summed E-state index contributed by atoms with van der Waals surface area (Å²) in [6, 6.07) is 19.8. The quantitative estimate of drug-likeness (QED) is 0.264. The van der Waals surface area contributed by atoms with Crippen molar-refractivity contribution in [2.75, 3.05) is 13.7 Å². The molecule has 0 fully saturated rings. The Balaban J connectivity index is 1.70. The van der Waals surface area contributed by atoms with Gasteiger partial charge in [-0.3, -0.25) is 0 Å². The van der Waals surface area contributed by atoms with Gasteiger partial charge in [-0.25, -0.2) is 4.79 Å². The topological polar surface area (TPSA) is 68.8 Å². The van der Waals surface area contributed by atoms with Crippen molar-refractivity contribution in [3.8, 4) is 11.5 Å². The summed E-state index contributed by atoms with van der Waals surface area (Å²) < 4.78 is 17.0. The summed E-state index contributed by atoms with van der Waals surface area (Å²) in [4.78, 5) is 12.9. The number of methoxy groups -OCH3 is 1. The first-order valence-electron chi connectivity index (χ1n) is 11.2. The number of esters is 1. The van der Waals surface area contributed by atoms with E-state index in [0.29, 0.717) is 44.5 Å². The molecule has 0 aromatic heterocycles. The van der Waals surface area contributed by atoms with Gasteiger partial charge in [0, 0.05) is 0 Å². The van der Waals surface area contributed by atoms with E-state index in [2.05, 4.69) is 10.6 Å². The molecule has 1 atom stereocenters. The van der Waals surface area contributed by atoms with E-state index >= 15 is 0 Å². The molecule has 0 amide bonds. The Morgan fingerprint density at radius 1 is 0.972 bits per heavy atom. The van der Waals surface area contributed by atoms with Crippen molar-refractivity contribution in [2.45, 2.75) is 19.6 Å². The predicted octanol–water partition coefficient (Wildman–Crippen LogP) is 6.07. The summed E-state index contributed by atoms with van der Waals surface area (Å²) in [6.07, 6.45) is 0. The fourth-order valence-electron chi connectivity index (χ4n) is 3.86. The van der Waals surface area contributed by atoms with E-state index in [0.717, 1.165) is 16.7 Å². The van der Waals surface area contributed by atoms with Crippen molar-refractivity contribution >= 4 is 52.2 Å². The van der Waals surface area contributed by atoms with Crippen molar-refractivity contribution in [1.29, 1.82) is 0 Å². The molecule has 6 nitrogen and oxygen atoms in total. The minimum absolute atomic E-state index is 0.275. The van der Waals surface area contributed by atoms with Crippen LogP contribution in [0.2, 0.25) is 10.0 Å². The Hall–Kier alpha value is -3.26. The molecule has 0 radical (unpaired) electrons. The SMILES string of the molecule is CCOc1cc([C@@H]2NC(=S)NC(c3ccccc3)=C2C(=O)OC)ccc1OCc1ccc(Cl)c(Cl)c1. The van der Waals surface area contributed by atoms with E-state index in [1.54, 1.807) is 12.1 Å². The van der Waals surface area contributed by atoms with Crippen molar-refractivity contribution in [3.05, 3.63) is 99.0 Å². The first kappa shape index (κ1) is 25.8. The summed E-state index contributed by atoms with van der Waals surface area (Å²) in [6.45, 7) is 2.59. The molecule has 4 rings (SSSR count). The van der Waals surface area contributed by atoms with Crippen molar-refractivity contribution < 1.29 is 19.0 Å². The van der Waals surface area contributed by atoms with Crippen LogP contribution in [-0.4, -0.2) is 24.8 Å². The molecule has 0 aliphatic carbocycles. The summed E-state index contributed by atoms with van der Waals surface area (Å²) in [5.74, 6) is 0.612. The van der Waals surface area contributed by atoms with Crippen LogP contribution in [0, 0.1) is 0 Å². The molecule has 1 heterocycles. The summed E-state index contributed by atoms with van der Waals surface area (Å²) >= 11 is 17.6. The molecule has 0 saturated heterocycles. The minimum Gasteiger partial charge on any atom is -0.490 e. The van der Waals surface area contributed by atoms with Gasteiger partial charge in [-0.2, -0.15) is 0 Å². The Morgan fingerprint density at radius 2 is 1.75 bits per heavy atom. The number of carbonyl (C=O) groups is 1. The molecule has 0 spiro atoms. The van der Waals surface area contributed by atoms with Crippen LogP contribution in [0.4, 0.5) is 0 Å². The van der Waals surface area contributed by atoms with Gasteiger partial charge in [0.05, 0.1) is 41.1 Å². The number of rotatable bonds is 8. The zero-order valence-corrected chi connectivity index (χ0v) is 22.0. The number of benzene rings is 3. The second kappa shape index (κ2) is 11.6. The smallest absolute Gasteiger partial charge is 0.338 e. The predicted molar refractivity (Wildman–Crippen MR) is 145 cm³/mol. The van der Waals surface area contributed by atoms with Crippen LogP contribution in [0.1, 0.15) is 29.7 Å². The van der Waals surface area contributed by atoms with E-state index < -0.39 is 12.0 Å². The minimum atomic E-state index is -0.565. The second-order valence-corrected chi connectivity index (χ2v) is 9.08. The van der Waals surface area contributed by atoms with Gasteiger partial charge in [0.1, 0.15) is 6.61 Å². The number of ether oxygens (including phenoxy) is 3. The van der Waals surface area contributed by atoms with Crippen molar-refractivity contribution in [2.24, 2.45) is 0 Å². The van der Waals surface area contributed by atoms with E-state index in [1.807, 2.05) is 61.5 Å². The highest BCUT2D eigenvalue weighted by Gasteiger charge is 2.33. The molecule has 3 aromatic rings. The zero-order valence-electron chi connectivity index (χ0n) is 19.6.